The lowest BCUT2D eigenvalue weighted by Gasteiger charge is -2.28. The van der Waals surface area contributed by atoms with E-state index >= 15 is 0 Å². The quantitative estimate of drug-likeness (QED) is 0.578. The summed E-state index contributed by atoms with van der Waals surface area (Å²) in [6.07, 6.45) is 6.12. The molecule has 4 aromatic rings. The lowest BCUT2D eigenvalue weighted by molar-refractivity contribution is 0.0734. The molecule has 1 N–H and O–H groups in total. The first-order valence-electron chi connectivity index (χ1n) is 9.06. The molecule has 0 bridgehead atoms. The first-order chi connectivity index (χ1) is 13.6. The van der Waals surface area contributed by atoms with Crippen LogP contribution in [0.15, 0.2) is 53.7 Å². The highest BCUT2D eigenvalue weighted by Gasteiger charge is 2.23. The highest BCUT2D eigenvalue weighted by molar-refractivity contribution is 5.94. The molecule has 0 atom stereocenters. The molecule has 1 aliphatic rings. The minimum Gasteiger partial charge on any atom is -0.348 e. The maximum absolute atomic E-state index is 13.1. The van der Waals surface area contributed by atoms with Crippen molar-refractivity contribution in [1.82, 2.24) is 29.0 Å². The summed E-state index contributed by atoms with van der Waals surface area (Å²) in [5.41, 5.74) is 4.07. The molecular formula is C20H18N6O2. The Kier molecular flexibility index (Phi) is 3.65. The summed E-state index contributed by atoms with van der Waals surface area (Å²) in [4.78, 5) is 29.1. The summed E-state index contributed by atoms with van der Waals surface area (Å²) in [7, 11) is 1.95. The normalized spacial score (nSPS) is 13.7. The number of aryl methyl sites for hydroxylation is 1. The molecule has 5 rings (SSSR count). The van der Waals surface area contributed by atoms with Crippen LogP contribution in [0.25, 0.3) is 17.2 Å². The van der Waals surface area contributed by atoms with Crippen molar-refractivity contribution in [3.05, 3.63) is 76.0 Å². The Balaban J connectivity index is 1.49. The average Bonchev–Trinajstić information content (AvgIpc) is 3.32. The third-order valence-corrected chi connectivity index (χ3v) is 5.23. The van der Waals surface area contributed by atoms with E-state index in [1.54, 1.807) is 29.4 Å². The van der Waals surface area contributed by atoms with Crippen LogP contribution >= 0.6 is 0 Å². The molecule has 0 aliphatic carbocycles. The summed E-state index contributed by atoms with van der Waals surface area (Å²) >= 11 is 0. The predicted octanol–water partition coefficient (Wildman–Crippen LogP) is 1.62. The van der Waals surface area contributed by atoms with Gasteiger partial charge in [0.25, 0.3) is 5.91 Å². The van der Waals surface area contributed by atoms with Crippen molar-refractivity contribution in [2.45, 2.75) is 13.0 Å². The van der Waals surface area contributed by atoms with Crippen molar-refractivity contribution in [1.29, 1.82) is 0 Å². The summed E-state index contributed by atoms with van der Waals surface area (Å²) in [6, 6.07) is 9.12. The second-order valence-corrected chi connectivity index (χ2v) is 7.00. The van der Waals surface area contributed by atoms with Gasteiger partial charge < -0.3 is 14.5 Å². The van der Waals surface area contributed by atoms with E-state index in [2.05, 4.69) is 15.2 Å². The minimum absolute atomic E-state index is 0.0507. The average molecular weight is 374 g/mol. The number of aromatic amines is 1. The Morgan fingerprint density at radius 2 is 2.07 bits per heavy atom. The zero-order valence-electron chi connectivity index (χ0n) is 15.3. The Hall–Kier alpha value is -3.68. The standard InChI is InChI=1S/C20H18N6O2/c1-24-7-2-3-16(24)19-23-22-17-5-4-14(12-26(17)19)20(28)25-8-6-13-9-18(27)21-10-15(13)11-25/h2-5,7,9-10,12H,6,8,11H2,1H3,(H,21,27). The Labute approximate surface area is 160 Å². The molecule has 140 valence electrons. The number of hydrogen-bond acceptors (Lipinski definition) is 4. The number of fused-ring (bicyclic) bond motifs is 2. The highest BCUT2D eigenvalue weighted by atomic mass is 16.2. The molecule has 0 fully saturated rings. The molecule has 0 radical (unpaired) electrons. The molecule has 8 nitrogen and oxygen atoms in total. The number of carbonyl (C=O) groups excluding carboxylic acids is 1. The number of amides is 1. The van der Waals surface area contributed by atoms with Crippen LogP contribution in [-0.2, 0) is 20.0 Å². The molecule has 8 heteroatoms. The van der Waals surface area contributed by atoms with Gasteiger partial charge in [-0.05, 0) is 41.8 Å². The molecule has 0 saturated carbocycles. The molecule has 0 aromatic carbocycles. The predicted molar refractivity (Wildman–Crippen MR) is 103 cm³/mol. The molecule has 1 amide bonds. The zero-order chi connectivity index (χ0) is 19.3. The number of hydrogen-bond donors (Lipinski definition) is 1. The SMILES string of the molecule is Cn1cccc1-c1nnc2ccc(C(=O)N3CCc4cc(=O)[nH]cc4C3)cn12. The van der Waals surface area contributed by atoms with Gasteiger partial charge in [0.1, 0.15) is 0 Å². The van der Waals surface area contributed by atoms with Crippen molar-refractivity contribution in [2.24, 2.45) is 7.05 Å². The third kappa shape index (κ3) is 2.61. The van der Waals surface area contributed by atoms with E-state index in [1.807, 2.05) is 40.4 Å². The van der Waals surface area contributed by atoms with Crippen LogP contribution in [0.4, 0.5) is 0 Å². The third-order valence-electron chi connectivity index (χ3n) is 5.23. The van der Waals surface area contributed by atoms with Gasteiger partial charge in [0, 0.05) is 44.8 Å². The summed E-state index contributed by atoms with van der Waals surface area (Å²) in [6.45, 7) is 1.07. The molecule has 5 heterocycles. The fourth-order valence-electron chi connectivity index (χ4n) is 3.70. The van der Waals surface area contributed by atoms with E-state index in [0.29, 0.717) is 36.5 Å². The van der Waals surface area contributed by atoms with Crippen molar-refractivity contribution in [2.75, 3.05) is 6.54 Å². The van der Waals surface area contributed by atoms with Crippen LogP contribution in [0.2, 0.25) is 0 Å². The van der Waals surface area contributed by atoms with Crippen LogP contribution in [0.1, 0.15) is 21.5 Å². The largest absolute Gasteiger partial charge is 0.348 e. The maximum Gasteiger partial charge on any atom is 0.255 e. The van der Waals surface area contributed by atoms with Crippen molar-refractivity contribution >= 4 is 11.6 Å². The fraction of sp³-hybridized carbons (Fsp3) is 0.200. The van der Waals surface area contributed by atoms with Gasteiger partial charge in [-0.2, -0.15) is 0 Å². The molecule has 0 unspecified atom stereocenters. The molecule has 4 aromatic heterocycles. The molecule has 0 saturated heterocycles. The number of pyridine rings is 2. The lowest BCUT2D eigenvalue weighted by atomic mass is 10.0. The first kappa shape index (κ1) is 16.5. The lowest BCUT2D eigenvalue weighted by Crippen LogP contribution is -2.36. The minimum atomic E-state index is -0.107. The molecular weight excluding hydrogens is 356 g/mol. The number of carbonyl (C=O) groups is 1. The number of nitrogens with zero attached hydrogens (tertiary/aromatic N) is 5. The van der Waals surface area contributed by atoms with E-state index in [1.165, 1.54) is 0 Å². The van der Waals surface area contributed by atoms with E-state index in [9.17, 15) is 9.59 Å². The van der Waals surface area contributed by atoms with E-state index in [0.717, 1.165) is 16.8 Å². The van der Waals surface area contributed by atoms with Crippen LogP contribution in [0.3, 0.4) is 0 Å². The molecule has 1 aliphatic heterocycles. The van der Waals surface area contributed by atoms with Crippen molar-refractivity contribution in [3.63, 3.8) is 0 Å². The molecule has 28 heavy (non-hydrogen) atoms. The van der Waals surface area contributed by atoms with Gasteiger partial charge in [-0.25, -0.2) is 0 Å². The second kappa shape index (κ2) is 6.19. The van der Waals surface area contributed by atoms with Gasteiger partial charge in [0.2, 0.25) is 5.56 Å². The van der Waals surface area contributed by atoms with E-state index in [4.69, 9.17) is 0 Å². The monoisotopic (exact) mass is 374 g/mol. The first-order valence-corrected chi connectivity index (χ1v) is 9.06. The van der Waals surface area contributed by atoms with Crippen LogP contribution < -0.4 is 5.56 Å². The van der Waals surface area contributed by atoms with Crippen molar-refractivity contribution < 1.29 is 4.79 Å². The van der Waals surface area contributed by atoms with E-state index in [-0.39, 0.29) is 11.5 Å². The van der Waals surface area contributed by atoms with Crippen LogP contribution in [0, 0.1) is 0 Å². The number of rotatable bonds is 2. The highest BCUT2D eigenvalue weighted by Crippen LogP contribution is 2.21. The summed E-state index contributed by atoms with van der Waals surface area (Å²) in [5.74, 6) is 0.643. The number of H-pyrrole nitrogens is 1. The maximum atomic E-state index is 13.1. The van der Waals surface area contributed by atoms with Crippen molar-refractivity contribution in [3.8, 4) is 11.5 Å². The van der Waals surface area contributed by atoms with Gasteiger partial charge in [-0.1, -0.05) is 0 Å². The van der Waals surface area contributed by atoms with Crippen LogP contribution in [-0.4, -0.2) is 41.5 Å². The summed E-state index contributed by atoms with van der Waals surface area (Å²) < 4.78 is 3.81. The molecule has 0 spiro atoms. The van der Waals surface area contributed by atoms with Gasteiger partial charge in [0.15, 0.2) is 11.5 Å². The zero-order valence-corrected chi connectivity index (χ0v) is 15.3. The van der Waals surface area contributed by atoms with Gasteiger partial charge in [-0.3, -0.25) is 14.0 Å². The van der Waals surface area contributed by atoms with Gasteiger partial charge >= 0.3 is 0 Å². The number of nitrogens with one attached hydrogen (secondary N) is 1. The number of aromatic nitrogens is 5. The summed E-state index contributed by atoms with van der Waals surface area (Å²) in [5, 5.41) is 8.49. The Bertz CT molecular complexity index is 1270. The van der Waals surface area contributed by atoms with E-state index < -0.39 is 0 Å². The smallest absolute Gasteiger partial charge is 0.255 e. The topological polar surface area (TPSA) is 88.3 Å². The van der Waals surface area contributed by atoms with Gasteiger partial charge in [0.05, 0.1) is 11.3 Å². The van der Waals surface area contributed by atoms with Crippen LogP contribution in [0.5, 0.6) is 0 Å². The van der Waals surface area contributed by atoms with Gasteiger partial charge in [-0.15, -0.1) is 10.2 Å². The Morgan fingerprint density at radius 3 is 2.89 bits per heavy atom. The Morgan fingerprint density at radius 1 is 1.18 bits per heavy atom. The second-order valence-electron chi connectivity index (χ2n) is 7.00. The fourth-order valence-corrected chi connectivity index (χ4v) is 3.70.